The summed E-state index contributed by atoms with van der Waals surface area (Å²) >= 11 is 0. The van der Waals surface area contributed by atoms with Gasteiger partial charge in [0.15, 0.2) is 5.96 Å². The van der Waals surface area contributed by atoms with Crippen molar-refractivity contribution in [3.05, 3.63) is 35.4 Å². The lowest BCUT2D eigenvalue weighted by atomic mass is 10.1. The van der Waals surface area contributed by atoms with Crippen molar-refractivity contribution in [1.29, 1.82) is 0 Å². The Balaban J connectivity index is 1.38. The van der Waals surface area contributed by atoms with Gasteiger partial charge in [0.25, 0.3) is 0 Å². The van der Waals surface area contributed by atoms with Gasteiger partial charge in [0.05, 0.1) is 0 Å². The summed E-state index contributed by atoms with van der Waals surface area (Å²) in [4.78, 5) is 23.8. The highest BCUT2D eigenvalue weighted by atomic mass is 16.2. The molecule has 1 aromatic carbocycles. The summed E-state index contributed by atoms with van der Waals surface area (Å²) in [6, 6.07) is 8.95. The van der Waals surface area contributed by atoms with Crippen LogP contribution in [0.25, 0.3) is 0 Å². The fourth-order valence-corrected chi connectivity index (χ4v) is 4.41. The van der Waals surface area contributed by atoms with Crippen molar-refractivity contribution < 1.29 is 4.79 Å². The number of likely N-dealkylation sites (tertiary alicyclic amines) is 1. The molecular weight excluding hydrogens is 350 g/mol. The second-order valence-electron chi connectivity index (χ2n) is 7.71. The van der Waals surface area contributed by atoms with Crippen LogP contribution in [0.15, 0.2) is 29.3 Å². The number of fused-ring (bicyclic) bond motifs is 1. The van der Waals surface area contributed by atoms with Crippen LogP contribution in [-0.2, 0) is 17.9 Å². The maximum absolute atomic E-state index is 12.5. The number of nitrogens with one attached hydrogen (secondary N) is 1. The maximum Gasteiger partial charge on any atom is 0.223 e. The van der Waals surface area contributed by atoms with E-state index in [0.29, 0.717) is 12.5 Å². The number of aliphatic imine (C=N–C) groups is 1. The summed E-state index contributed by atoms with van der Waals surface area (Å²) in [6.07, 6.45) is 2.61. The first-order valence-electron chi connectivity index (χ1n) is 10.7. The van der Waals surface area contributed by atoms with Gasteiger partial charge in [-0.15, -0.1) is 0 Å². The second-order valence-corrected chi connectivity index (χ2v) is 7.71. The quantitative estimate of drug-likeness (QED) is 0.445. The maximum atomic E-state index is 12.5. The summed E-state index contributed by atoms with van der Waals surface area (Å²) < 4.78 is 0. The molecule has 28 heavy (non-hydrogen) atoms. The first-order chi connectivity index (χ1) is 13.7. The standard InChI is InChI=1S/C22H35N5O/c1-4-25(5-2)20-12-14-26(17-20)22(23-3)24-13-8-11-21(28)27-15-18-9-6-7-10-19(18)16-27/h6-7,9-10,20H,4-5,8,11-17H2,1-3H3,(H,23,24). The van der Waals surface area contributed by atoms with Crippen LogP contribution < -0.4 is 5.32 Å². The molecule has 0 bridgehead atoms. The van der Waals surface area contributed by atoms with Crippen molar-refractivity contribution in [2.75, 3.05) is 39.8 Å². The molecule has 1 N–H and O–H groups in total. The Bertz CT molecular complexity index is 660. The highest BCUT2D eigenvalue weighted by molar-refractivity contribution is 5.80. The van der Waals surface area contributed by atoms with Crippen LogP contribution >= 0.6 is 0 Å². The van der Waals surface area contributed by atoms with Crippen molar-refractivity contribution >= 4 is 11.9 Å². The van der Waals surface area contributed by atoms with E-state index in [1.807, 2.05) is 24.1 Å². The lowest BCUT2D eigenvalue weighted by molar-refractivity contribution is -0.131. The fraction of sp³-hybridized carbons (Fsp3) is 0.636. The van der Waals surface area contributed by atoms with Crippen LogP contribution in [-0.4, -0.2) is 72.4 Å². The van der Waals surface area contributed by atoms with Crippen molar-refractivity contribution in [2.24, 2.45) is 4.99 Å². The number of hydrogen-bond donors (Lipinski definition) is 1. The van der Waals surface area contributed by atoms with Crippen LogP contribution in [0.2, 0.25) is 0 Å². The SMILES string of the molecule is CCN(CC)C1CCN(C(=NC)NCCCC(=O)N2Cc3ccccc3C2)C1. The topological polar surface area (TPSA) is 51.2 Å². The smallest absolute Gasteiger partial charge is 0.223 e. The van der Waals surface area contributed by atoms with Crippen molar-refractivity contribution in [2.45, 2.75) is 52.2 Å². The number of rotatable bonds is 7. The highest BCUT2D eigenvalue weighted by Gasteiger charge is 2.28. The molecule has 1 atom stereocenters. The number of guanidine groups is 1. The summed E-state index contributed by atoms with van der Waals surface area (Å²) in [6.45, 7) is 11.0. The summed E-state index contributed by atoms with van der Waals surface area (Å²) in [7, 11) is 1.85. The zero-order valence-corrected chi connectivity index (χ0v) is 17.7. The van der Waals surface area contributed by atoms with Gasteiger partial charge < -0.3 is 15.1 Å². The summed E-state index contributed by atoms with van der Waals surface area (Å²) in [5.41, 5.74) is 2.57. The first-order valence-corrected chi connectivity index (χ1v) is 10.7. The van der Waals surface area contributed by atoms with E-state index < -0.39 is 0 Å². The van der Waals surface area contributed by atoms with Gasteiger partial charge in [-0.25, -0.2) is 0 Å². The van der Waals surface area contributed by atoms with Gasteiger partial charge in [-0.3, -0.25) is 14.7 Å². The van der Waals surface area contributed by atoms with E-state index in [1.54, 1.807) is 0 Å². The third-order valence-corrected chi connectivity index (χ3v) is 6.05. The lowest BCUT2D eigenvalue weighted by Gasteiger charge is -2.27. The largest absolute Gasteiger partial charge is 0.356 e. The van der Waals surface area contributed by atoms with E-state index in [4.69, 9.17) is 0 Å². The molecule has 6 nitrogen and oxygen atoms in total. The minimum Gasteiger partial charge on any atom is -0.356 e. The molecule has 1 saturated heterocycles. The monoisotopic (exact) mass is 385 g/mol. The van der Waals surface area contributed by atoms with Crippen LogP contribution in [0, 0.1) is 0 Å². The third-order valence-electron chi connectivity index (χ3n) is 6.05. The van der Waals surface area contributed by atoms with E-state index in [9.17, 15) is 4.79 Å². The van der Waals surface area contributed by atoms with Crippen LogP contribution in [0.5, 0.6) is 0 Å². The van der Waals surface area contributed by atoms with Gasteiger partial charge in [-0.1, -0.05) is 38.1 Å². The molecule has 6 heteroatoms. The number of hydrogen-bond acceptors (Lipinski definition) is 3. The lowest BCUT2D eigenvalue weighted by Crippen LogP contribution is -2.43. The molecule has 2 heterocycles. The molecule has 2 aliphatic rings. The van der Waals surface area contributed by atoms with Crippen molar-refractivity contribution in [3.63, 3.8) is 0 Å². The Morgan fingerprint density at radius 3 is 2.46 bits per heavy atom. The minimum absolute atomic E-state index is 0.246. The molecule has 1 aromatic rings. The number of likely N-dealkylation sites (N-methyl/N-ethyl adjacent to an activating group) is 1. The average Bonchev–Trinajstić information content (AvgIpc) is 3.36. The van der Waals surface area contributed by atoms with E-state index in [2.05, 4.69) is 46.1 Å². The fourth-order valence-electron chi connectivity index (χ4n) is 4.41. The van der Waals surface area contributed by atoms with Gasteiger partial charge >= 0.3 is 0 Å². The van der Waals surface area contributed by atoms with E-state index in [1.165, 1.54) is 17.5 Å². The summed E-state index contributed by atoms with van der Waals surface area (Å²) in [5, 5.41) is 3.46. The second kappa shape index (κ2) is 9.92. The normalized spacial score (nSPS) is 19.4. The molecule has 154 valence electrons. The molecule has 1 unspecified atom stereocenters. The number of nitrogens with zero attached hydrogens (tertiary/aromatic N) is 4. The predicted molar refractivity (Wildman–Crippen MR) is 114 cm³/mol. The van der Waals surface area contributed by atoms with Crippen molar-refractivity contribution in [1.82, 2.24) is 20.0 Å². The van der Waals surface area contributed by atoms with Gasteiger partial charge in [0, 0.05) is 52.2 Å². The summed E-state index contributed by atoms with van der Waals surface area (Å²) in [5.74, 6) is 1.21. The number of carbonyl (C=O) groups excluding carboxylic acids is 1. The Kier molecular flexibility index (Phi) is 7.31. The molecule has 1 fully saturated rings. The minimum atomic E-state index is 0.246. The number of carbonyl (C=O) groups is 1. The molecule has 0 saturated carbocycles. The molecule has 0 spiro atoms. The molecule has 2 aliphatic heterocycles. The van der Waals surface area contributed by atoms with Gasteiger partial charge in [-0.05, 0) is 37.1 Å². The predicted octanol–water partition coefficient (Wildman–Crippen LogP) is 2.30. The zero-order chi connectivity index (χ0) is 19.9. The third kappa shape index (κ3) is 4.85. The molecule has 0 aliphatic carbocycles. The van der Waals surface area contributed by atoms with Gasteiger partial charge in [0.1, 0.15) is 0 Å². The number of benzene rings is 1. The van der Waals surface area contributed by atoms with Crippen molar-refractivity contribution in [3.8, 4) is 0 Å². The molecule has 1 amide bonds. The van der Waals surface area contributed by atoms with E-state index in [-0.39, 0.29) is 5.91 Å². The zero-order valence-electron chi connectivity index (χ0n) is 17.7. The Morgan fingerprint density at radius 1 is 1.18 bits per heavy atom. The molecule has 0 radical (unpaired) electrons. The van der Waals surface area contributed by atoms with Gasteiger partial charge in [0.2, 0.25) is 5.91 Å². The van der Waals surface area contributed by atoms with Crippen LogP contribution in [0.1, 0.15) is 44.2 Å². The Labute approximate surface area is 169 Å². The molecule has 3 rings (SSSR count). The van der Waals surface area contributed by atoms with E-state index >= 15 is 0 Å². The number of amides is 1. The van der Waals surface area contributed by atoms with Crippen LogP contribution in [0.3, 0.4) is 0 Å². The van der Waals surface area contributed by atoms with Crippen LogP contribution in [0.4, 0.5) is 0 Å². The van der Waals surface area contributed by atoms with E-state index in [0.717, 1.165) is 58.2 Å². The Hall–Kier alpha value is -2.08. The first kappa shape index (κ1) is 20.6. The Morgan fingerprint density at radius 2 is 1.86 bits per heavy atom. The molecule has 0 aromatic heterocycles. The van der Waals surface area contributed by atoms with Gasteiger partial charge in [-0.2, -0.15) is 0 Å². The average molecular weight is 386 g/mol. The highest BCUT2D eigenvalue weighted by Crippen LogP contribution is 2.23. The molecular formula is C22H35N5O.